The van der Waals surface area contributed by atoms with Gasteiger partial charge in [0.1, 0.15) is 11.4 Å². The van der Waals surface area contributed by atoms with Crippen LogP contribution in [0.5, 0.6) is 0 Å². The van der Waals surface area contributed by atoms with E-state index in [4.69, 9.17) is 14.0 Å². The molecule has 0 aromatic heterocycles. The molecule has 0 heterocycles. The summed E-state index contributed by atoms with van der Waals surface area (Å²) >= 11 is 0. The van der Waals surface area contributed by atoms with E-state index < -0.39 is 39.5 Å². The van der Waals surface area contributed by atoms with E-state index in [1.54, 1.807) is 0 Å². The molecular formula is C14H24KO7S. The molecule has 3 unspecified atom stereocenters. The topological polar surface area (TPSA) is 107 Å². The summed E-state index contributed by atoms with van der Waals surface area (Å²) in [6, 6.07) is 0. The van der Waals surface area contributed by atoms with Crippen LogP contribution in [-0.4, -0.2) is 93.8 Å². The summed E-state index contributed by atoms with van der Waals surface area (Å²) in [4.78, 5) is 22.9. The Labute approximate surface area is 180 Å². The van der Waals surface area contributed by atoms with Crippen molar-refractivity contribution in [3.8, 4) is 0 Å². The van der Waals surface area contributed by atoms with E-state index in [-0.39, 0.29) is 57.8 Å². The summed E-state index contributed by atoms with van der Waals surface area (Å²) in [7, 11) is -4.57. The van der Waals surface area contributed by atoms with Crippen LogP contribution in [0, 0.1) is 6.92 Å². The molecule has 0 saturated heterocycles. The average Bonchev–Trinajstić information content (AvgIpc) is 2.42. The minimum atomic E-state index is -4.57. The monoisotopic (exact) mass is 375 g/mol. The molecular weight excluding hydrogens is 351 g/mol. The minimum absolute atomic E-state index is 0. The van der Waals surface area contributed by atoms with Gasteiger partial charge in [-0.15, -0.1) is 0 Å². The quantitative estimate of drug-likeness (QED) is 0.200. The van der Waals surface area contributed by atoms with Gasteiger partial charge in [0, 0.05) is 12.5 Å². The van der Waals surface area contributed by atoms with Crippen molar-refractivity contribution in [2.75, 3.05) is 0 Å². The molecule has 0 fully saturated rings. The maximum absolute atomic E-state index is 11.7. The predicted octanol–water partition coefficient (Wildman–Crippen LogP) is 1.04. The van der Waals surface area contributed by atoms with Crippen molar-refractivity contribution in [2.45, 2.75) is 57.0 Å². The molecule has 0 aliphatic rings. The zero-order chi connectivity index (χ0) is 17.3. The fourth-order valence-electron chi connectivity index (χ4n) is 1.67. The first-order valence-corrected chi connectivity index (χ1v) is 8.45. The van der Waals surface area contributed by atoms with Gasteiger partial charge in [0.2, 0.25) is 0 Å². The van der Waals surface area contributed by atoms with Crippen LogP contribution in [0.4, 0.5) is 0 Å². The molecule has 0 aromatic rings. The van der Waals surface area contributed by atoms with Crippen LogP contribution in [0.25, 0.3) is 0 Å². The van der Waals surface area contributed by atoms with Gasteiger partial charge in [-0.1, -0.05) is 26.3 Å². The van der Waals surface area contributed by atoms with E-state index in [9.17, 15) is 18.0 Å². The standard InChI is InChI=1S/C14H23O7S.K.H/c1-5-7-8-9-13(16)21-14(11(4)22(17,18)19)10(3)20-12(15)6-2;;/h6,10-11,14H,2,4-5,7-9H2,1,3H3,(H,17,18,19);;. The van der Waals surface area contributed by atoms with Crippen molar-refractivity contribution in [1.29, 1.82) is 0 Å². The van der Waals surface area contributed by atoms with Crippen LogP contribution in [-0.2, 0) is 29.2 Å². The van der Waals surface area contributed by atoms with Crippen molar-refractivity contribution in [1.82, 2.24) is 0 Å². The Morgan fingerprint density at radius 1 is 1.26 bits per heavy atom. The van der Waals surface area contributed by atoms with Gasteiger partial charge in [-0.2, -0.15) is 8.42 Å². The Morgan fingerprint density at radius 3 is 2.26 bits per heavy atom. The molecule has 9 heteroatoms. The summed E-state index contributed by atoms with van der Waals surface area (Å²) in [6.07, 6.45) is 0.807. The van der Waals surface area contributed by atoms with E-state index in [0.717, 1.165) is 18.9 Å². The van der Waals surface area contributed by atoms with Crippen molar-refractivity contribution in [3.63, 3.8) is 0 Å². The summed E-state index contributed by atoms with van der Waals surface area (Å²) in [6.45, 7) is 9.80. The molecule has 0 saturated carbocycles. The second-order valence-corrected chi connectivity index (χ2v) is 6.45. The first kappa shape index (κ1) is 25.5. The van der Waals surface area contributed by atoms with E-state index in [2.05, 4.69) is 13.5 Å². The Bertz CT molecular complexity index is 489. The first-order valence-electron chi connectivity index (χ1n) is 6.95. The molecule has 0 rings (SSSR count). The van der Waals surface area contributed by atoms with Gasteiger partial charge in [-0.05, 0) is 20.3 Å². The number of rotatable bonds is 10. The summed E-state index contributed by atoms with van der Waals surface area (Å²) in [5.41, 5.74) is 0. The predicted molar refractivity (Wildman–Crippen MR) is 87.6 cm³/mol. The zero-order valence-electron chi connectivity index (χ0n) is 12.9. The molecule has 0 spiro atoms. The fraction of sp³-hybridized carbons (Fsp3) is 0.643. The van der Waals surface area contributed by atoms with E-state index in [1.807, 2.05) is 6.92 Å². The van der Waals surface area contributed by atoms with Crippen LogP contribution in [0.15, 0.2) is 12.7 Å². The third-order valence-electron chi connectivity index (χ3n) is 2.93. The number of ether oxygens (including phenoxy) is 2. The van der Waals surface area contributed by atoms with E-state index in [0.29, 0.717) is 6.42 Å². The number of hydrogen-bond donors (Lipinski definition) is 1. The molecule has 0 bridgehead atoms. The Morgan fingerprint density at radius 2 is 1.83 bits per heavy atom. The summed E-state index contributed by atoms with van der Waals surface area (Å²) in [5, 5.41) is -1.67. The van der Waals surface area contributed by atoms with E-state index in [1.165, 1.54) is 6.92 Å². The molecule has 1 N–H and O–H groups in total. The molecule has 7 nitrogen and oxygen atoms in total. The van der Waals surface area contributed by atoms with Crippen molar-refractivity contribution in [3.05, 3.63) is 19.6 Å². The molecule has 129 valence electrons. The van der Waals surface area contributed by atoms with E-state index >= 15 is 0 Å². The van der Waals surface area contributed by atoms with Gasteiger partial charge in [0.05, 0.1) is 0 Å². The molecule has 1 radical (unpaired) electrons. The number of carbonyl (C=O) groups is 2. The molecule has 0 aromatic carbocycles. The third-order valence-corrected chi connectivity index (χ3v) is 3.97. The molecule has 0 aliphatic carbocycles. The van der Waals surface area contributed by atoms with Gasteiger partial charge >= 0.3 is 63.3 Å². The molecule has 3 atom stereocenters. The number of hydrogen-bond acceptors (Lipinski definition) is 6. The molecule has 0 amide bonds. The molecule has 23 heavy (non-hydrogen) atoms. The Balaban J connectivity index is 0. The average molecular weight is 376 g/mol. The second-order valence-electron chi connectivity index (χ2n) is 4.81. The SMILES string of the molecule is [CH2]C(C(OC(=O)CCCCC)C(C)OC(=O)C=C)S(=O)(=O)O.[KH]. The van der Waals surface area contributed by atoms with Gasteiger partial charge in [-0.3, -0.25) is 9.35 Å². The summed E-state index contributed by atoms with van der Waals surface area (Å²) in [5.74, 6) is -1.45. The molecule has 0 aliphatic heterocycles. The first-order chi connectivity index (χ1) is 10.1. The van der Waals surface area contributed by atoms with Crippen LogP contribution < -0.4 is 0 Å². The Hall–Kier alpha value is 0.226. The van der Waals surface area contributed by atoms with Gasteiger partial charge in [-0.25, -0.2) is 4.79 Å². The maximum atomic E-state index is 11.7. The van der Waals surface area contributed by atoms with Gasteiger partial charge < -0.3 is 9.47 Å². The zero-order valence-corrected chi connectivity index (χ0v) is 13.7. The Kier molecular flexibility index (Phi) is 13.9. The fourth-order valence-corrected chi connectivity index (χ4v) is 2.29. The van der Waals surface area contributed by atoms with Crippen LogP contribution >= 0.6 is 0 Å². The second kappa shape index (κ2) is 12.6. The number of carbonyl (C=O) groups excluding carboxylic acids is 2. The normalized spacial score (nSPS) is 14.8. The van der Waals surface area contributed by atoms with Gasteiger partial charge in [0.15, 0.2) is 6.10 Å². The number of unbranched alkanes of at least 4 members (excludes halogenated alkanes) is 2. The van der Waals surface area contributed by atoms with Crippen molar-refractivity contribution >= 4 is 73.4 Å². The van der Waals surface area contributed by atoms with Crippen LogP contribution in [0.3, 0.4) is 0 Å². The van der Waals surface area contributed by atoms with Crippen molar-refractivity contribution in [2.24, 2.45) is 0 Å². The summed E-state index contributed by atoms with van der Waals surface area (Å²) < 4.78 is 41.4. The van der Waals surface area contributed by atoms with Crippen molar-refractivity contribution < 1.29 is 32.0 Å². The third kappa shape index (κ3) is 10.6. The van der Waals surface area contributed by atoms with Crippen LogP contribution in [0.2, 0.25) is 0 Å². The van der Waals surface area contributed by atoms with Gasteiger partial charge in [0.25, 0.3) is 10.1 Å². The number of esters is 2. The van der Waals surface area contributed by atoms with Crippen LogP contribution in [0.1, 0.15) is 39.5 Å².